The molecule has 0 aliphatic heterocycles. The van der Waals surface area contributed by atoms with E-state index in [1.807, 2.05) is 22.8 Å². The van der Waals surface area contributed by atoms with E-state index in [0.717, 1.165) is 16.7 Å². The van der Waals surface area contributed by atoms with E-state index in [-0.39, 0.29) is 17.3 Å². The Morgan fingerprint density at radius 1 is 1.12 bits per heavy atom. The van der Waals surface area contributed by atoms with Crippen molar-refractivity contribution in [2.45, 2.75) is 24.3 Å². The number of imidazole rings is 1. The number of benzene rings is 1. The number of fused-ring (bicyclic) bond motifs is 1. The maximum absolute atomic E-state index is 12.5. The topological polar surface area (TPSA) is 61.8 Å². The molecule has 6 nitrogen and oxygen atoms in total. The lowest BCUT2D eigenvalue weighted by molar-refractivity contribution is 0.545. The van der Waals surface area contributed by atoms with Gasteiger partial charge in [0.15, 0.2) is 11.2 Å². The Morgan fingerprint density at radius 3 is 2.54 bits per heavy atom. The standard InChI is InChI=1S/C17H20N4O2S/c1-12(9-10-24-13-7-5-4-6-8-13)21-11-18-15-14(21)16(22)20(3)17(23)19(15)2/h4-8,11-12H,9-10H2,1-3H3. The van der Waals surface area contributed by atoms with E-state index in [1.165, 1.54) is 16.5 Å². The van der Waals surface area contributed by atoms with Crippen LogP contribution < -0.4 is 11.2 Å². The van der Waals surface area contributed by atoms with Crippen LogP contribution in [0.25, 0.3) is 11.2 Å². The summed E-state index contributed by atoms with van der Waals surface area (Å²) in [4.78, 5) is 30.0. The highest BCUT2D eigenvalue weighted by molar-refractivity contribution is 7.99. The normalized spacial score (nSPS) is 12.6. The van der Waals surface area contributed by atoms with Crippen molar-refractivity contribution >= 4 is 22.9 Å². The number of hydrogen-bond donors (Lipinski definition) is 0. The van der Waals surface area contributed by atoms with E-state index in [9.17, 15) is 9.59 Å². The summed E-state index contributed by atoms with van der Waals surface area (Å²) in [6.07, 6.45) is 2.56. The third kappa shape index (κ3) is 2.91. The molecule has 0 radical (unpaired) electrons. The van der Waals surface area contributed by atoms with Gasteiger partial charge in [-0.2, -0.15) is 0 Å². The van der Waals surface area contributed by atoms with Gasteiger partial charge in [0.25, 0.3) is 5.56 Å². The third-order valence-electron chi connectivity index (χ3n) is 4.20. The molecule has 3 aromatic rings. The number of aryl methyl sites for hydroxylation is 1. The van der Waals surface area contributed by atoms with Crippen molar-refractivity contribution in [2.24, 2.45) is 14.1 Å². The summed E-state index contributed by atoms with van der Waals surface area (Å²) in [7, 11) is 3.13. The van der Waals surface area contributed by atoms with Gasteiger partial charge in [-0.15, -0.1) is 11.8 Å². The first kappa shape index (κ1) is 16.6. The molecule has 2 heterocycles. The van der Waals surface area contributed by atoms with Crippen LogP contribution in [0.5, 0.6) is 0 Å². The van der Waals surface area contributed by atoms with E-state index in [2.05, 4.69) is 24.0 Å². The molecule has 7 heteroatoms. The van der Waals surface area contributed by atoms with Crippen molar-refractivity contribution in [1.82, 2.24) is 18.7 Å². The van der Waals surface area contributed by atoms with E-state index < -0.39 is 0 Å². The molecule has 1 unspecified atom stereocenters. The second-order valence-corrected chi connectivity index (χ2v) is 7.00. The molecule has 0 amide bonds. The van der Waals surface area contributed by atoms with Gasteiger partial charge in [0.05, 0.1) is 6.33 Å². The van der Waals surface area contributed by atoms with Crippen LogP contribution in [0, 0.1) is 0 Å². The smallest absolute Gasteiger partial charge is 0.322 e. The van der Waals surface area contributed by atoms with Gasteiger partial charge in [0.1, 0.15) is 0 Å². The minimum atomic E-state index is -0.356. The lowest BCUT2D eigenvalue weighted by Gasteiger charge is -2.14. The first-order chi connectivity index (χ1) is 11.5. The van der Waals surface area contributed by atoms with Crippen LogP contribution in [0.2, 0.25) is 0 Å². The average molecular weight is 344 g/mol. The van der Waals surface area contributed by atoms with Crippen molar-refractivity contribution in [3.63, 3.8) is 0 Å². The highest BCUT2D eigenvalue weighted by Gasteiger charge is 2.17. The predicted octanol–water partition coefficient (Wildman–Crippen LogP) is 2.18. The summed E-state index contributed by atoms with van der Waals surface area (Å²) < 4.78 is 4.42. The molecule has 1 atom stereocenters. The van der Waals surface area contributed by atoms with E-state index >= 15 is 0 Å². The van der Waals surface area contributed by atoms with E-state index in [4.69, 9.17) is 0 Å². The Kier molecular flexibility index (Phi) is 4.62. The second-order valence-electron chi connectivity index (χ2n) is 5.83. The van der Waals surface area contributed by atoms with Crippen LogP contribution in [-0.4, -0.2) is 24.4 Å². The molecule has 3 rings (SSSR count). The first-order valence-electron chi connectivity index (χ1n) is 7.81. The van der Waals surface area contributed by atoms with Gasteiger partial charge >= 0.3 is 5.69 Å². The minimum absolute atomic E-state index is 0.122. The average Bonchev–Trinajstić information content (AvgIpc) is 3.04. The van der Waals surface area contributed by atoms with Gasteiger partial charge in [-0.1, -0.05) is 18.2 Å². The van der Waals surface area contributed by atoms with Gasteiger partial charge in [0, 0.05) is 25.0 Å². The highest BCUT2D eigenvalue weighted by atomic mass is 32.2. The molecule has 126 valence electrons. The Morgan fingerprint density at radius 2 is 1.83 bits per heavy atom. The predicted molar refractivity (Wildman–Crippen MR) is 96.7 cm³/mol. The molecular formula is C17H20N4O2S. The van der Waals surface area contributed by atoms with Gasteiger partial charge in [-0.3, -0.25) is 13.9 Å². The van der Waals surface area contributed by atoms with Crippen molar-refractivity contribution in [3.8, 4) is 0 Å². The summed E-state index contributed by atoms with van der Waals surface area (Å²) in [5.74, 6) is 0.941. The molecule has 0 fully saturated rings. The maximum Gasteiger partial charge on any atom is 0.332 e. The van der Waals surface area contributed by atoms with Crippen LogP contribution in [0.4, 0.5) is 0 Å². The molecule has 1 aromatic carbocycles. The molecule has 0 N–H and O–H groups in total. The fourth-order valence-electron chi connectivity index (χ4n) is 2.70. The molecule has 0 spiro atoms. The summed E-state index contributed by atoms with van der Waals surface area (Å²) in [6, 6.07) is 10.4. The minimum Gasteiger partial charge on any atom is -0.322 e. The Bertz CT molecular complexity index is 972. The van der Waals surface area contributed by atoms with Crippen LogP contribution in [-0.2, 0) is 14.1 Å². The number of nitrogens with zero attached hydrogens (tertiary/aromatic N) is 4. The van der Waals surface area contributed by atoms with E-state index in [1.54, 1.807) is 25.1 Å². The summed E-state index contributed by atoms with van der Waals surface area (Å²) in [5.41, 5.74) is 0.265. The van der Waals surface area contributed by atoms with Crippen molar-refractivity contribution < 1.29 is 0 Å². The van der Waals surface area contributed by atoms with Crippen molar-refractivity contribution in [2.75, 3.05) is 5.75 Å². The van der Waals surface area contributed by atoms with Gasteiger partial charge in [-0.25, -0.2) is 9.78 Å². The van der Waals surface area contributed by atoms with Crippen molar-refractivity contribution in [1.29, 1.82) is 0 Å². The summed E-state index contributed by atoms with van der Waals surface area (Å²) in [6.45, 7) is 2.07. The van der Waals surface area contributed by atoms with Crippen LogP contribution in [0.3, 0.4) is 0 Å². The Labute approximate surface area is 143 Å². The summed E-state index contributed by atoms with van der Waals surface area (Å²) in [5, 5.41) is 0. The number of thioether (sulfide) groups is 1. The second kappa shape index (κ2) is 6.68. The number of hydrogen-bond acceptors (Lipinski definition) is 4. The zero-order chi connectivity index (χ0) is 17.3. The molecule has 2 aromatic heterocycles. The summed E-state index contributed by atoms with van der Waals surface area (Å²) >= 11 is 1.79. The number of rotatable bonds is 5. The van der Waals surface area contributed by atoms with Crippen LogP contribution in [0.1, 0.15) is 19.4 Å². The van der Waals surface area contributed by atoms with Crippen molar-refractivity contribution in [3.05, 3.63) is 57.5 Å². The third-order valence-corrected chi connectivity index (χ3v) is 5.24. The Balaban J connectivity index is 1.84. The van der Waals surface area contributed by atoms with Crippen LogP contribution >= 0.6 is 11.8 Å². The lowest BCUT2D eigenvalue weighted by atomic mass is 10.2. The maximum atomic E-state index is 12.5. The molecular weight excluding hydrogens is 324 g/mol. The van der Waals surface area contributed by atoms with Crippen LogP contribution in [0.15, 0.2) is 51.1 Å². The largest absolute Gasteiger partial charge is 0.332 e. The fraction of sp³-hybridized carbons (Fsp3) is 0.353. The lowest BCUT2D eigenvalue weighted by Crippen LogP contribution is -2.37. The van der Waals surface area contributed by atoms with Gasteiger partial charge in [0.2, 0.25) is 0 Å². The van der Waals surface area contributed by atoms with Gasteiger partial charge in [-0.05, 0) is 31.2 Å². The first-order valence-corrected chi connectivity index (χ1v) is 8.79. The quantitative estimate of drug-likeness (QED) is 0.666. The Hall–Kier alpha value is -2.28. The zero-order valence-electron chi connectivity index (χ0n) is 14.0. The zero-order valence-corrected chi connectivity index (χ0v) is 14.8. The highest BCUT2D eigenvalue weighted by Crippen LogP contribution is 2.23. The van der Waals surface area contributed by atoms with Gasteiger partial charge < -0.3 is 4.57 Å². The molecule has 0 saturated heterocycles. The molecule has 0 aliphatic rings. The monoisotopic (exact) mass is 344 g/mol. The van der Waals surface area contributed by atoms with E-state index in [0.29, 0.717) is 11.2 Å². The molecule has 0 bridgehead atoms. The molecule has 0 aliphatic carbocycles. The molecule has 0 saturated carbocycles. The fourth-order valence-corrected chi connectivity index (χ4v) is 3.75. The molecule has 24 heavy (non-hydrogen) atoms. The SMILES string of the molecule is CC(CCSc1ccccc1)n1cnc2c1c(=O)n(C)c(=O)n2C. The number of aromatic nitrogens is 4.